The van der Waals surface area contributed by atoms with Gasteiger partial charge in [-0.1, -0.05) is 47.5 Å². The second kappa shape index (κ2) is 6.00. The molecule has 0 aliphatic heterocycles. The molecule has 4 heteroatoms. The molecule has 0 heterocycles. The van der Waals surface area contributed by atoms with Crippen LogP contribution < -0.4 is 0 Å². The van der Waals surface area contributed by atoms with Gasteiger partial charge in [-0.25, -0.2) is 4.39 Å². The first-order valence-electron chi connectivity index (χ1n) is 5.50. The standard InChI is InChI=1S/C15H9Cl2FO/c16-12-6-3-4-10(15(12)17)8-9-14(19)11-5-1-2-7-13(11)18/h1-9H/b9-8+. The van der Waals surface area contributed by atoms with Crippen molar-refractivity contribution in [1.82, 2.24) is 0 Å². The van der Waals surface area contributed by atoms with E-state index in [2.05, 4.69) is 0 Å². The van der Waals surface area contributed by atoms with Gasteiger partial charge < -0.3 is 0 Å². The molecule has 0 saturated carbocycles. The molecule has 0 spiro atoms. The van der Waals surface area contributed by atoms with Crippen LogP contribution in [0.15, 0.2) is 48.5 Å². The molecule has 0 saturated heterocycles. The molecular formula is C15H9Cl2FO. The van der Waals surface area contributed by atoms with Gasteiger partial charge in [0.1, 0.15) is 5.82 Å². The number of carbonyl (C=O) groups is 1. The zero-order valence-corrected chi connectivity index (χ0v) is 11.3. The van der Waals surface area contributed by atoms with E-state index >= 15 is 0 Å². The van der Waals surface area contributed by atoms with Gasteiger partial charge in [-0.05, 0) is 35.9 Å². The number of ketones is 1. The summed E-state index contributed by atoms with van der Waals surface area (Å²) in [5.41, 5.74) is 0.635. The molecule has 1 nitrogen and oxygen atoms in total. The number of benzene rings is 2. The fraction of sp³-hybridized carbons (Fsp3) is 0. The van der Waals surface area contributed by atoms with Crippen molar-refractivity contribution in [2.24, 2.45) is 0 Å². The fourth-order valence-electron chi connectivity index (χ4n) is 1.57. The van der Waals surface area contributed by atoms with Crippen LogP contribution in [0.1, 0.15) is 15.9 Å². The van der Waals surface area contributed by atoms with E-state index in [9.17, 15) is 9.18 Å². The van der Waals surface area contributed by atoms with Crippen LogP contribution in [0.5, 0.6) is 0 Å². The molecular weight excluding hydrogens is 286 g/mol. The maximum atomic E-state index is 13.4. The van der Waals surface area contributed by atoms with Gasteiger partial charge in [0.15, 0.2) is 5.78 Å². The van der Waals surface area contributed by atoms with Gasteiger partial charge in [0, 0.05) is 0 Å². The highest BCUT2D eigenvalue weighted by molar-refractivity contribution is 6.42. The summed E-state index contributed by atoms with van der Waals surface area (Å²) >= 11 is 11.8. The minimum atomic E-state index is -0.547. The summed E-state index contributed by atoms with van der Waals surface area (Å²) in [6, 6.07) is 10.9. The van der Waals surface area contributed by atoms with Gasteiger partial charge in [-0.3, -0.25) is 4.79 Å². The summed E-state index contributed by atoms with van der Waals surface area (Å²) in [5.74, 6) is -0.969. The van der Waals surface area contributed by atoms with Crippen LogP contribution in [-0.4, -0.2) is 5.78 Å². The van der Waals surface area contributed by atoms with Gasteiger partial charge in [-0.15, -0.1) is 0 Å². The van der Waals surface area contributed by atoms with Crippen LogP contribution in [-0.2, 0) is 0 Å². The van der Waals surface area contributed by atoms with Gasteiger partial charge in [-0.2, -0.15) is 0 Å². The maximum Gasteiger partial charge on any atom is 0.188 e. The lowest BCUT2D eigenvalue weighted by molar-refractivity contribution is 0.104. The van der Waals surface area contributed by atoms with E-state index in [1.54, 1.807) is 24.3 Å². The number of rotatable bonds is 3. The van der Waals surface area contributed by atoms with E-state index in [0.29, 0.717) is 15.6 Å². The van der Waals surface area contributed by atoms with E-state index in [1.807, 2.05) is 0 Å². The molecule has 0 aliphatic carbocycles. The molecule has 2 aromatic rings. The summed E-state index contributed by atoms with van der Waals surface area (Å²) in [4.78, 5) is 11.8. The Hall–Kier alpha value is -1.64. The molecule has 0 radical (unpaired) electrons. The molecule has 0 N–H and O–H groups in total. The van der Waals surface area contributed by atoms with E-state index < -0.39 is 11.6 Å². The highest BCUT2D eigenvalue weighted by Crippen LogP contribution is 2.26. The van der Waals surface area contributed by atoms with Crippen molar-refractivity contribution < 1.29 is 9.18 Å². The quantitative estimate of drug-likeness (QED) is 0.573. The average Bonchev–Trinajstić information content (AvgIpc) is 2.40. The molecule has 96 valence electrons. The lowest BCUT2D eigenvalue weighted by Gasteiger charge is -2.00. The summed E-state index contributed by atoms with van der Waals surface area (Å²) in [7, 11) is 0. The highest BCUT2D eigenvalue weighted by Gasteiger charge is 2.08. The Morgan fingerprint density at radius 3 is 2.53 bits per heavy atom. The predicted molar refractivity (Wildman–Crippen MR) is 76.2 cm³/mol. The summed E-state index contributed by atoms with van der Waals surface area (Å²) in [5, 5.41) is 0.768. The van der Waals surface area contributed by atoms with E-state index in [-0.39, 0.29) is 5.56 Å². The molecule has 0 bridgehead atoms. The fourth-order valence-corrected chi connectivity index (χ4v) is 1.94. The number of carbonyl (C=O) groups excluding carboxylic acids is 1. The first kappa shape index (κ1) is 13.8. The summed E-state index contributed by atoms with van der Waals surface area (Å²) in [6.45, 7) is 0. The minimum absolute atomic E-state index is 0.0249. The summed E-state index contributed by atoms with van der Waals surface area (Å²) in [6.07, 6.45) is 2.79. The molecule has 0 unspecified atom stereocenters. The molecule has 0 fully saturated rings. The van der Waals surface area contributed by atoms with E-state index in [4.69, 9.17) is 23.2 Å². The lowest BCUT2D eigenvalue weighted by atomic mass is 10.1. The Labute approximate surface area is 120 Å². The number of halogens is 3. The van der Waals surface area contributed by atoms with Crippen LogP contribution >= 0.6 is 23.2 Å². The van der Waals surface area contributed by atoms with Crippen molar-refractivity contribution in [3.63, 3.8) is 0 Å². The van der Waals surface area contributed by atoms with Gasteiger partial charge >= 0.3 is 0 Å². The number of hydrogen-bond donors (Lipinski definition) is 0. The zero-order valence-electron chi connectivity index (χ0n) is 9.74. The molecule has 0 amide bonds. The zero-order chi connectivity index (χ0) is 13.8. The third-order valence-corrected chi connectivity index (χ3v) is 3.37. The Balaban J connectivity index is 2.26. The van der Waals surface area contributed by atoms with Gasteiger partial charge in [0.25, 0.3) is 0 Å². The van der Waals surface area contributed by atoms with Crippen molar-refractivity contribution in [2.75, 3.05) is 0 Å². The number of allylic oxidation sites excluding steroid dienone is 1. The summed E-state index contributed by atoms with van der Waals surface area (Å²) < 4.78 is 13.4. The molecule has 2 aromatic carbocycles. The smallest absolute Gasteiger partial charge is 0.188 e. The maximum absolute atomic E-state index is 13.4. The van der Waals surface area contributed by atoms with E-state index in [1.165, 1.54) is 30.4 Å². The Morgan fingerprint density at radius 2 is 1.79 bits per heavy atom. The molecule has 0 aromatic heterocycles. The van der Waals surface area contributed by atoms with Gasteiger partial charge in [0.2, 0.25) is 0 Å². The third kappa shape index (κ3) is 3.22. The Kier molecular flexibility index (Phi) is 4.35. The normalized spacial score (nSPS) is 10.9. The Morgan fingerprint density at radius 1 is 1.05 bits per heavy atom. The van der Waals surface area contributed by atoms with Gasteiger partial charge in [0.05, 0.1) is 15.6 Å². The van der Waals surface area contributed by atoms with Crippen molar-refractivity contribution in [3.8, 4) is 0 Å². The molecule has 2 rings (SSSR count). The largest absolute Gasteiger partial charge is 0.289 e. The molecule has 19 heavy (non-hydrogen) atoms. The molecule has 0 atom stereocenters. The SMILES string of the molecule is O=C(/C=C/c1cccc(Cl)c1Cl)c1ccccc1F. The Bertz CT molecular complexity index is 650. The topological polar surface area (TPSA) is 17.1 Å². The van der Waals surface area contributed by atoms with Crippen molar-refractivity contribution in [3.05, 3.63) is 75.5 Å². The van der Waals surface area contributed by atoms with Crippen LogP contribution in [0.25, 0.3) is 6.08 Å². The van der Waals surface area contributed by atoms with Crippen molar-refractivity contribution in [2.45, 2.75) is 0 Å². The van der Waals surface area contributed by atoms with Crippen LogP contribution in [0.3, 0.4) is 0 Å². The predicted octanol–water partition coefficient (Wildman–Crippen LogP) is 5.03. The first-order chi connectivity index (χ1) is 9.09. The average molecular weight is 295 g/mol. The van der Waals surface area contributed by atoms with Crippen molar-refractivity contribution in [1.29, 1.82) is 0 Å². The van der Waals surface area contributed by atoms with Crippen LogP contribution in [0, 0.1) is 5.82 Å². The minimum Gasteiger partial charge on any atom is -0.289 e. The monoisotopic (exact) mass is 294 g/mol. The second-order valence-corrected chi connectivity index (χ2v) is 4.61. The second-order valence-electron chi connectivity index (χ2n) is 3.82. The van der Waals surface area contributed by atoms with Crippen molar-refractivity contribution >= 4 is 35.1 Å². The highest BCUT2D eigenvalue weighted by atomic mass is 35.5. The first-order valence-corrected chi connectivity index (χ1v) is 6.26. The number of hydrogen-bond acceptors (Lipinski definition) is 1. The van der Waals surface area contributed by atoms with E-state index in [0.717, 1.165) is 0 Å². The van der Waals surface area contributed by atoms with Crippen LogP contribution in [0.2, 0.25) is 10.0 Å². The lowest BCUT2D eigenvalue weighted by Crippen LogP contribution is -1.97. The van der Waals surface area contributed by atoms with Crippen LogP contribution in [0.4, 0.5) is 4.39 Å². The molecule has 0 aliphatic rings. The third-order valence-electron chi connectivity index (χ3n) is 2.54.